The zero-order valence-corrected chi connectivity index (χ0v) is 20.1. The zero-order chi connectivity index (χ0) is 24.4. The first-order chi connectivity index (χ1) is 17.0. The molecule has 3 aromatic rings. The average molecular weight is 474 g/mol. The van der Waals surface area contributed by atoms with Crippen LogP contribution in [-0.4, -0.2) is 40.3 Å². The fourth-order valence-corrected chi connectivity index (χ4v) is 4.23. The lowest BCUT2D eigenvalue weighted by Crippen LogP contribution is -2.36. The van der Waals surface area contributed by atoms with Crippen LogP contribution in [0.15, 0.2) is 30.6 Å². The van der Waals surface area contributed by atoms with Crippen LogP contribution in [0, 0.1) is 11.8 Å². The third kappa shape index (κ3) is 5.03. The number of urea groups is 1. The van der Waals surface area contributed by atoms with Gasteiger partial charge < -0.3 is 31.0 Å². The molecule has 2 heterocycles. The van der Waals surface area contributed by atoms with Gasteiger partial charge in [0.1, 0.15) is 23.5 Å². The Bertz CT molecular complexity index is 1300. The summed E-state index contributed by atoms with van der Waals surface area (Å²) in [5.74, 6) is 6.90. The van der Waals surface area contributed by atoms with Gasteiger partial charge in [-0.05, 0) is 56.2 Å². The van der Waals surface area contributed by atoms with Gasteiger partial charge in [-0.3, -0.25) is 0 Å². The Hall–Kier alpha value is -3.77. The Labute approximate surface area is 204 Å². The van der Waals surface area contributed by atoms with Crippen LogP contribution in [0.5, 0.6) is 0 Å². The van der Waals surface area contributed by atoms with Crippen LogP contribution < -0.4 is 21.7 Å². The molecule has 182 valence electrons. The van der Waals surface area contributed by atoms with Crippen LogP contribution in [-0.2, 0) is 23.4 Å². The molecule has 2 aromatic heterocycles. The molecule has 35 heavy (non-hydrogen) atoms. The monoisotopic (exact) mass is 473 g/mol. The molecular formula is C26H31N7O2. The van der Waals surface area contributed by atoms with Gasteiger partial charge >= 0.3 is 6.03 Å². The van der Waals surface area contributed by atoms with Gasteiger partial charge in [0.2, 0.25) is 0 Å². The van der Waals surface area contributed by atoms with E-state index < -0.39 is 0 Å². The predicted octanol–water partition coefficient (Wildman–Crippen LogP) is 3.09. The van der Waals surface area contributed by atoms with Gasteiger partial charge in [0.15, 0.2) is 0 Å². The van der Waals surface area contributed by atoms with Gasteiger partial charge in [-0.15, -0.1) is 0 Å². The predicted molar refractivity (Wildman–Crippen MR) is 136 cm³/mol. The van der Waals surface area contributed by atoms with E-state index in [0.717, 1.165) is 59.2 Å². The van der Waals surface area contributed by atoms with Crippen LogP contribution in [0.25, 0.3) is 11.0 Å². The number of anilines is 2. The van der Waals surface area contributed by atoms with Crippen molar-refractivity contribution in [2.24, 2.45) is 0 Å². The Balaban J connectivity index is 1.45. The molecular weight excluding hydrogens is 442 g/mol. The molecule has 2 fully saturated rings. The topological polar surface area (TPSA) is 119 Å². The third-order valence-electron chi connectivity index (χ3n) is 6.58. The number of fused-ring (bicyclic) bond motifs is 1. The zero-order valence-electron chi connectivity index (χ0n) is 20.1. The maximum absolute atomic E-state index is 12.0. The molecule has 2 saturated carbocycles. The van der Waals surface area contributed by atoms with Crippen molar-refractivity contribution in [3.8, 4) is 11.8 Å². The van der Waals surface area contributed by atoms with E-state index in [1.807, 2.05) is 24.3 Å². The number of benzene rings is 1. The van der Waals surface area contributed by atoms with Crippen molar-refractivity contribution >= 4 is 28.6 Å². The highest BCUT2D eigenvalue weighted by Gasteiger charge is 2.43. The molecule has 2 aliphatic carbocycles. The van der Waals surface area contributed by atoms with E-state index in [9.17, 15) is 4.79 Å². The Kier molecular flexibility index (Phi) is 6.22. The maximum atomic E-state index is 12.0. The Morgan fingerprint density at radius 1 is 1.26 bits per heavy atom. The van der Waals surface area contributed by atoms with E-state index in [2.05, 4.69) is 49.3 Å². The second-order valence-electron chi connectivity index (χ2n) is 9.50. The van der Waals surface area contributed by atoms with Gasteiger partial charge in [0, 0.05) is 36.5 Å². The fourth-order valence-electron chi connectivity index (χ4n) is 4.23. The van der Waals surface area contributed by atoms with E-state index in [-0.39, 0.29) is 18.1 Å². The highest BCUT2D eigenvalue weighted by molar-refractivity contribution is 5.92. The number of rotatable bonds is 8. The number of aromatic nitrogens is 3. The molecule has 0 unspecified atom stereocenters. The van der Waals surface area contributed by atoms with E-state index in [1.54, 1.807) is 7.11 Å². The molecule has 0 saturated heterocycles. The van der Waals surface area contributed by atoms with Crippen molar-refractivity contribution in [2.75, 3.05) is 24.7 Å². The molecule has 5 N–H and O–H groups in total. The van der Waals surface area contributed by atoms with Crippen molar-refractivity contribution in [1.29, 1.82) is 0 Å². The van der Waals surface area contributed by atoms with E-state index in [4.69, 9.17) is 10.5 Å². The van der Waals surface area contributed by atoms with Crippen molar-refractivity contribution in [3.05, 3.63) is 47.4 Å². The number of ether oxygens (including phenoxy) is 1. The van der Waals surface area contributed by atoms with Crippen LogP contribution in [0.3, 0.4) is 0 Å². The number of methoxy groups -OCH3 is 1. The normalized spacial score (nSPS) is 15.8. The number of nitrogens with two attached hydrogens (primary N) is 1. The number of carbonyl (C=O) groups excluding carboxylic acids is 1. The number of hydrogen-bond acceptors (Lipinski definition) is 6. The summed E-state index contributed by atoms with van der Waals surface area (Å²) in [6.07, 6.45) is 5.69. The molecule has 9 heteroatoms. The van der Waals surface area contributed by atoms with Gasteiger partial charge in [0.05, 0.1) is 18.5 Å². The summed E-state index contributed by atoms with van der Waals surface area (Å²) in [5, 5.41) is 10.1. The summed E-state index contributed by atoms with van der Waals surface area (Å²) in [4.78, 5) is 20.8. The number of nitrogen functional groups attached to an aromatic ring is 1. The van der Waals surface area contributed by atoms with Crippen LogP contribution in [0.4, 0.5) is 16.3 Å². The van der Waals surface area contributed by atoms with Gasteiger partial charge in [0.25, 0.3) is 0 Å². The smallest absolute Gasteiger partial charge is 0.315 e. The second kappa shape index (κ2) is 9.47. The summed E-state index contributed by atoms with van der Waals surface area (Å²) in [6.45, 7) is 3.56. The van der Waals surface area contributed by atoms with Gasteiger partial charge in [-0.2, -0.15) is 0 Å². The lowest BCUT2D eigenvalue weighted by molar-refractivity contribution is 0.185. The minimum absolute atomic E-state index is 0.0557. The standard InChI is InChI=1S/C26H31N7O2/c1-26(11-12-26)33-21(4-3-13-28-25(34)32-19-9-10-19)20(22-23(27)30-16-31-24(22)33)14-29-18-7-5-17(6-8-18)15-35-2/h5-8,16,19,29H,9-15H2,1-2H3,(H2,27,30,31)(H2,28,32,34). The highest BCUT2D eigenvalue weighted by atomic mass is 16.5. The largest absolute Gasteiger partial charge is 0.383 e. The van der Waals surface area contributed by atoms with Crippen molar-refractivity contribution in [2.45, 2.75) is 57.3 Å². The molecule has 0 atom stereocenters. The molecule has 5 rings (SSSR count). The third-order valence-corrected chi connectivity index (χ3v) is 6.58. The maximum Gasteiger partial charge on any atom is 0.315 e. The number of nitrogens with one attached hydrogen (secondary N) is 3. The fraction of sp³-hybridized carbons (Fsp3) is 0.423. The van der Waals surface area contributed by atoms with Crippen LogP contribution in [0.1, 0.15) is 49.4 Å². The lowest BCUT2D eigenvalue weighted by atomic mass is 10.1. The molecule has 0 spiro atoms. The SMILES string of the molecule is COCc1ccc(NCc2c(C#CCNC(=O)NC3CC3)n(C3(C)CC3)c3ncnc(N)c23)cc1. The lowest BCUT2D eigenvalue weighted by Gasteiger charge is -2.15. The Morgan fingerprint density at radius 2 is 2.03 bits per heavy atom. The van der Waals surface area contributed by atoms with Gasteiger partial charge in [-0.25, -0.2) is 14.8 Å². The second-order valence-corrected chi connectivity index (χ2v) is 9.50. The van der Waals surface area contributed by atoms with Crippen molar-refractivity contribution in [1.82, 2.24) is 25.2 Å². The molecule has 9 nitrogen and oxygen atoms in total. The van der Waals surface area contributed by atoms with Crippen molar-refractivity contribution < 1.29 is 9.53 Å². The average Bonchev–Trinajstić information content (AvgIpc) is 3.77. The molecule has 0 bridgehead atoms. The first kappa shape index (κ1) is 23.0. The molecule has 1 aromatic carbocycles. The minimum atomic E-state index is -0.176. The number of nitrogens with zero attached hydrogens (tertiary/aromatic N) is 3. The van der Waals surface area contributed by atoms with E-state index >= 15 is 0 Å². The first-order valence-corrected chi connectivity index (χ1v) is 12.0. The van der Waals surface area contributed by atoms with Crippen LogP contribution in [0.2, 0.25) is 0 Å². The Morgan fingerprint density at radius 3 is 2.71 bits per heavy atom. The molecule has 0 aliphatic heterocycles. The van der Waals surface area contributed by atoms with E-state index in [0.29, 0.717) is 25.0 Å². The van der Waals surface area contributed by atoms with Gasteiger partial charge in [-0.1, -0.05) is 18.1 Å². The molecule has 0 radical (unpaired) electrons. The highest BCUT2D eigenvalue weighted by Crippen LogP contribution is 2.47. The summed E-state index contributed by atoms with van der Waals surface area (Å²) >= 11 is 0. The quantitative estimate of drug-likeness (QED) is 0.373. The summed E-state index contributed by atoms with van der Waals surface area (Å²) in [7, 11) is 1.69. The van der Waals surface area contributed by atoms with Crippen LogP contribution >= 0.6 is 0 Å². The first-order valence-electron chi connectivity index (χ1n) is 12.0. The summed E-state index contributed by atoms with van der Waals surface area (Å²) in [6, 6.07) is 8.27. The number of carbonyl (C=O) groups is 1. The number of amides is 2. The number of hydrogen-bond donors (Lipinski definition) is 4. The minimum Gasteiger partial charge on any atom is -0.383 e. The molecule has 2 amide bonds. The summed E-state index contributed by atoms with van der Waals surface area (Å²) in [5.41, 5.74) is 11.0. The van der Waals surface area contributed by atoms with E-state index in [1.165, 1.54) is 6.33 Å². The summed E-state index contributed by atoms with van der Waals surface area (Å²) < 4.78 is 7.41. The molecule has 2 aliphatic rings. The van der Waals surface area contributed by atoms with Crippen molar-refractivity contribution in [3.63, 3.8) is 0 Å².